The second kappa shape index (κ2) is 7.98. The van der Waals surface area contributed by atoms with Gasteiger partial charge in [0.2, 0.25) is 0 Å². The van der Waals surface area contributed by atoms with Gasteiger partial charge in [0.15, 0.2) is 0 Å². The highest BCUT2D eigenvalue weighted by molar-refractivity contribution is 5.89. The topological polar surface area (TPSA) is 46.6 Å². The number of hydrogen-bond donors (Lipinski definition) is 0. The van der Waals surface area contributed by atoms with Crippen molar-refractivity contribution in [3.05, 3.63) is 72.1 Å². The van der Waals surface area contributed by atoms with Gasteiger partial charge >= 0.3 is 0 Å². The molecule has 5 nitrogen and oxygen atoms in total. The Hall–Kier alpha value is -3.49. The molecule has 3 heterocycles. The predicted octanol–water partition coefficient (Wildman–Crippen LogP) is 4.59. The van der Waals surface area contributed by atoms with E-state index in [0.29, 0.717) is 6.54 Å². The Morgan fingerprint density at radius 1 is 0.871 bits per heavy atom. The fourth-order valence-corrected chi connectivity index (χ4v) is 4.30. The van der Waals surface area contributed by atoms with Gasteiger partial charge < -0.3 is 19.1 Å². The average molecular weight is 411 g/mol. The van der Waals surface area contributed by atoms with Gasteiger partial charge in [0.1, 0.15) is 11.5 Å². The molecule has 2 aromatic carbocycles. The maximum absolute atomic E-state index is 9.50. The van der Waals surface area contributed by atoms with E-state index in [1.54, 1.807) is 0 Å². The first-order valence-corrected chi connectivity index (χ1v) is 10.7. The Balaban J connectivity index is 1.42. The molecule has 5 heteroatoms. The van der Waals surface area contributed by atoms with E-state index < -0.39 is 0 Å². The number of piperazine rings is 1. The number of likely N-dealkylation sites (N-methyl/N-ethyl adjacent to an activating group) is 2. The first-order valence-electron chi connectivity index (χ1n) is 10.7. The summed E-state index contributed by atoms with van der Waals surface area (Å²) in [7, 11) is 4.14. The zero-order valence-electron chi connectivity index (χ0n) is 18.0. The van der Waals surface area contributed by atoms with Gasteiger partial charge in [-0.05, 0) is 60.4 Å². The van der Waals surface area contributed by atoms with Crippen molar-refractivity contribution in [1.82, 2.24) is 9.80 Å². The molecular weight excluding hydrogens is 384 g/mol. The molecule has 0 amide bonds. The van der Waals surface area contributed by atoms with Crippen molar-refractivity contribution in [3.63, 3.8) is 0 Å². The van der Waals surface area contributed by atoms with Crippen LogP contribution in [0.3, 0.4) is 0 Å². The van der Waals surface area contributed by atoms with Gasteiger partial charge in [0.05, 0.1) is 18.2 Å². The first kappa shape index (κ1) is 19.5. The van der Waals surface area contributed by atoms with Gasteiger partial charge in [-0.2, -0.15) is 5.26 Å². The van der Waals surface area contributed by atoms with Crippen molar-refractivity contribution >= 4 is 22.0 Å². The number of furan rings is 1. The summed E-state index contributed by atoms with van der Waals surface area (Å²) in [5, 5.41) is 11.9. The number of hydrogen-bond acceptors (Lipinski definition) is 5. The fourth-order valence-electron chi connectivity index (χ4n) is 4.30. The second-order valence-corrected chi connectivity index (χ2v) is 8.44. The third-order valence-electron chi connectivity index (χ3n) is 6.21. The summed E-state index contributed by atoms with van der Waals surface area (Å²) in [6, 6.07) is 19.4. The molecular formula is C26H26N4O. The van der Waals surface area contributed by atoms with Crippen LogP contribution in [-0.2, 0) is 0 Å². The predicted molar refractivity (Wildman–Crippen MR) is 126 cm³/mol. The maximum atomic E-state index is 9.50. The molecule has 0 unspecified atom stereocenters. The summed E-state index contributed by atoms with van der Waals surface area (Å²) in [5.41, 5.74) is 3.92. The third-order valence-corrected chi connectivity index (χ3v) is 6.21. The molecule has 2 aliphatic heterocycles. The fraction of sp³-hybridized carbons (Fsp3) is 0.269. The number of anilines is 1. The summed E-state index contributed by atoms with van der Waals surface area (Å²) in [4.78, 5) is 6.83. The molecule has 2 aliphatic rings. The summed E-state index contributed by atoms with van der Waals surface area (Å²) in [6.45, 7) is 4.95. The Kier molecular flexibility index (Phi) is 5.01. The number of rotatable bonds is 3. The van der Waals surface area contributed by atoms with Gasteiger partial charge in [0, 0.05) is 50.1 Å². The lowest BCUT2D eigenvalue weighted by molar-refractivity contribution is 0.313. The van der Waals surface area contributed by atoms with E-state index in [0.717, 1.165) is 54.4 Å². The molecule has 1 fully saturated rings. The molecule has 31 heavy (non-hydrogen) atoms. The van der Waals surface area contributed by atoms with E-state index in [9.17, 15) is 5.26 Å². The number of fused-ring (bicyclic) bond motifs is 1. The lowest BCUT2D eigenvalue weighted by atomic mass is 10.0. The molecule has 0 bridgehead atoms. The first-order chi connectivity index (χ1) is 15.1. The van der Waals surface area contributed by atoms with Crippen molar-refractivity contribution in [2.24, 2.45) is 0 Å². The number of nitrogens with zero attached hydrogens (tertiary/aromatic N) is 4. The van der Waals surface area contributed by atoms with Gasteiger partial charge in [0.25, 0.3) is 0 Å². The summed E-state index contributed by atoms with van der Waals surface area (Å²) in [6.07, 6.45) is 3.93. The highest BCUT2D eigenvalue weighted by atomic mass is 16.3. The zero-order chi connectivity index (χ0) is 21.4. The van der Waals surface area contributed by atoms with Crippen LogP contribution in [0.5, 0.6) is 0 Å². The quantitative estimate of drug-likeness (QED) is 0.632. The van der Waals surface area contributed by atoms with E-state index in [1.807, 2.05) is 36.4 Å². The van der Waals surface area contributed by atoms with Crippen molar-refractivity contribution in [2.75, 3.05) is 51.7 Å². The molecule has 1 saturated heterocycles. The van der Waals surface area contributed by atoms with Crippen LogP contribution in [0, 0.1) is 11.3 Å². The van der Waals surface area contributed by atoms with E-state index in [1.165, 1.54) is 16.5 Å². The average Bonchev–Trinajstić information content (AvgIpc) is 3.29. The minimum Gasteiger partial charge on any atom is -0.456 e. The van der Waals surface area contributed by atoms with E-state index in [2.05, 4.69) is 59.3 Å². The molecule has 0 aliphatic carbocycles. The largest absolute Gasteiger partial charge is 0.456 e. The van der Waals surface area contributed by atoms with Crippen LogP contribution in [0.4, 0.5) is 5.69 Å². The summed E-state index contributed by atoms with van der Waals surface area (Å²) < 4.78 is 6.16. The van der Waals surface area contributed by atoms with Gasteiger partial charge in [-0.25, -0.2) is 0 Å². The van der Waals surface area contributed by atoms with E-state index in [-0.39, 0.29) is 0 Å². The Labute approximate surface area is 183 Å². The van der Waals surface area contributed by atoms with Crippen molar-refractivity contribution in [1.29, 1.82) is 5.26 Å². The normalized spacial score (nSPS) is 17.5. The standard InChI is InChI=1S/C26H26N4O/c1-28-11-13-30(14-12-28)23-6-5-19-15-21(4-3-20(19)16-23)25-7-8-26(31-25)24-9-10-29(2)18-22(24)17-27/h3-10,15-16H,11-14,18H2,1-2H3. The maximum Gasteiger partial charge on any atom is 0.135 e. The summed E-state index contributed by atoms with van der Waals surface area (Å²) >= 11 is 0. The Morgan fingerprint density at radius 3 is 2.42 bits per heavy atom. The van der Waals surface area contributed by atoms with E-state index in [4.69, 9.17) is 4.42 Å². The van der Waals surface area contributed by atoms with E-state index >= 15 is 0 Å². The van der Waals surface area contributed by atoms with Gasteiger partial charge in [-0.3, -0.25) is 0 Å². The smallest absolute Gasteiger partial charge is 0.135 e. The van der Waals surface area contributed by atoms with Crippen LogP contribution in [-0.4, -0.2) is 56.6 Å². The molecule has 0 saturated carbocycles. The zero-order valence-corrected chi connectivity index (χ0v) is 18.0. The monoisotopic (exact) mass is 410 g/mol. The minimum absolute atomic E-state index is 0.601. The Bertz CT molecular complexity index is 1220. The van der Waals surface area contributed by atoms with Gasteiger partial charge in [-0.1, -0.05) is 18.2 Å². The molecule has 0 radical (unpaired) electrons. The molecule has 156 valence electrons. The molecule has 1 aromatic heterocycles. The van der Waals surface area contributed by atoms with Crippen molar-refractivity contribution in [2.45, 2.75) is 0 Å². The molecule has 0 N–H and O–H groups in total. The van der Waals surface area contributed by atoms with Crippen LogP contribution in [0.25, 0.3) is 27.7 Å². The number of allylic oxidation sites excluding steroid dienone is 2. The molecule has 5 rings (SSSR count). The lowest BCUT2D eigenvalue weighted by Gasteiger charge is -2.34. The second-order valence-electron chi connectivity index (χ2n) is 8.44. The van der Waals surface area contributed by atoms with Gasteiger partial charge in [-0.15, -0.1) is 0 Å². The van der Waals surface area contributed by atoms with Crippen LogP contribution < -0.4 is 4.90 Å². The third kappa shape index (κ3) is 3.83. The highest BCUT2D eigenvalue weighted by Crippen LogP contribution is 2.32. The van der Waals surface area contributed by atoms with Crippen LogP contribution >= 0.6 is 0 Å². The van der Waals surface area contributed by atoms with Crippen molar-refractivity contribution in [3.8, 4) is 17.4 Å². The molecule has 0 spiro atoms. The molecule has 3 aromatic rings. The molecule has 0 atom stereocenters. The number of benzene rings is 2. The SMILES string of the molecule is CN1C=CC(c2ccc(-c3ccc4cc(N5CCN(C)CC5)ccc4c3)o2)=C(C#N)C1. The number of nitriles is 1. The van der Waals surface area contributed by atoms with Crippen LogP contribution in [0.1, 0.15) is 5.76 Å². The minimum atomic E-state index is 0.601. The highest BCUT2D eigenvalue weighted by Gasteiger charge is 2.17. The summed E-state index contributed by atoms with van der Waals surface area (Å²) in [5.74, 6) is 1.55. The van der Waals surface area contributed by atoms with Crippen LogP contribution in [0.2, 0.25) is 0 Å². The Morgan fingerprint density at radius 2 is 1.61 bits per heavy atom. The van der Waals surface area contributed by atoms with Crippen molar-refractivity contribution < 1.29 is 4.42 Å². The lowest BCUT2D eigenvalue weighted by Crippen LogP contribution is -2.44. The van der Waals surface area contributed by atoms with Crippen LogP contribution in [0.15, 0.2) is 70.8 Å².